The number of methoxy groups -OCH3 is 1. The molecule has 0 saturated heterocycles. The van der Waals surface area contributed by atoms with E-state index in [4.69, 9.17) is 9.47 Å². The monoisotopic (exact) mass is 369 g/mol. The van der Waals surface area contributed by atoms with Crippen LogP contribution in [0.4, 0.5) is 0 Å². The quantitative estimate of drug-likeness (QED) is 0.610. The highest BCUT2D eigenvalue weighted by Crippen LogP contribution is 2.17. The van der Waals surface area contributed by atoms with Gasteiger partial charge in [-0.25, -0.2) is 4.68 Å². The van der Waals surface area contributed by atoms with Gasteiger partial charge in [0.1, 0.15) is 11.5 Å². The normalized spacial score (nSPS) is 10.6. The molecule has 0 aliphatic rings. The lowest BCUT2D eigenvalue weighted by Gasteiger charge is -2.14. The van der Waals surface area contributed by atoms with Crippen molar-refractivity contribution in [1.29, 1.82) is 0 Å². The lowest BCUT2D eigenvalue weighted by atomic mass is 10.3. The van der Waals surface area contributed by atoms with Gasteiger partial charge in [-0.2, -0.15) is 10.2 Å². The smallest absolute Gasteiger partial charge is 0.274 e. The summed E-state index contributed by atoms with van der Waals surface area (Å²) < 4.78 is 14.2. The van der Waals surface area contributed by atoms with E-state index in [1.807, 2.05) is 42.1 Å². The first-order valence-electron chi connectivity index (χ1n) is 8.66. The van der Waals surface area contributed by atoms with Crippen LogP contribution < -0.4 is 9.47 Å². The fourth-order valence-corrected chi connectivity index (χ4v) is 2.56. The summed E-state index contributed by atoms with van der Waals surface area (Å²) in [5, 5.41) is 8.52. The molecular formula is C19H23N5O3. The van der Waals surface area contributed by atoms with Crippen LogP contribution in [0.25, 0.3) is 0 Å². The van der Waals surface area contributed by atoms with Gasteiger partial charge >= 0.3 is 0 Å². The van der Waals surface area contributed by atoms with Crippen molar-refractivity contribution in [2.45, 2.75) is 26.7 Å². The van der Waals surface area contributed by atoms with Crippen molar-refractivity contribution in [3.05, 3.63) is 60.2 Å². The molecule has 0 atom stereocenters. The summed E-state index contributed by atoms with van der Waals surface area (Å²) in [6.45, 7) is 3.52. The minimum atomic E-state index is -0.151. The van der Waals surface area contributed by atoms with E-state index < -0.39 is 0 Å². The van der Waals surface area contributed by atoms with Gasteiger partial charge in [0.2, 0.25) is 0 Å². The summed E-state index contributed by atoms with van der Waals surface area (Å²) in [7, 11) is 3.36. The second-order valence-corrected chi connectivity index (χ2v) is 6.05. The molecule has 0 unspecified atom stereocenters. The molecule has 2 heterocycles. The van der Waals surface area contributed by atoms with Crippen LogP contribution in [0.15, 0.2) is 48.9 Å². The van der Waals surface area contributed by atoms with Crippen LogP contribution in [-0.2, 0) is 19.8 Å². The summed E-state index contributed by atoms with van der Waals surface area (Å²) in [6, 6.07) is 8.97. The third-order valence-electron chi connectivity index (χ3n) is 4.06. The third-order valence-corrected chi connectivity index (χ3v) is 4.06. The molecule has 0 radical (unpaired) electrons. The lowest BCUT2D eigenvalue weighted by Crippen LogP contribution is -2.26. The van der Waals surface area contributed by atoms with Gasteiger partial charge in [-0.1, -0.05) is 0 Å². The van der Waals surface area contributed by atoms with Gasteiger partial charge < -0.3 is 14.4 Å². The molecular weight excluding hydrogens is 346 g/mol. The maximum absolute atomic E-state index is 12.6. The Balaban J connectivity index is 1.56. The van der Waals surface area contributed by atoms with Crippen molar-refractivity contribution in [2.75, 3.05) is 14.2 Å². The summed E-state index contributed by atoms with van der Waals surface area (Å²) in [5.41, 5.74) is 1.36. The van der Waals surface area contributed by atoms with Crippen LogP contribution in [0.3, 0.4) is 0 Å². The molecule has 0 spiro atoms. The average molecular weight is 369 g/mol. The predicted octanol–water partition coefficient (Wildman–Crippen LogP) is 2.42. The summed E-state index contributed by atoms with van der Waals surface area (Å²) >= 11 is 0. The average Bonchev–Trinajstić information content (AvgIpc) is 3.35. The first-order valence-corrected chi connectivity index (χ1v) is 8.66. The van der Waals surface area contributed by atoms with Crippen LogP contribution >= 0.6 is 0 Å². The number of hydrogen-bond donors (Lipinski definition) is 0. The lowest BCUT2D eigenvalue weighted by molar-refractivity contribution is 0.0777. The first kappa shape index (κ1) is 18.5. The molecule has 0 fully saturated rings. The SMILES string of the molecule is CCn1cc(CN(C)C(=O)c2ccn(COc3ccc(OC)cc3)n2)cn1. The minimum Gasteiger partial charge on any atom is -0.497 e. The number of carbonyl (C=O) groups excluding carboxylic acids is 1. The highest BCUT2D eigenvalue weighted by Gasteiger charge is 2.16. The van der Waals surface area contributed by atoms with Gasteiger partial charge in [-0.05, 0) is 37.3 Å². The fourth-order valence-electron chi connectivity index (χ4n) is 2.56. The van der Waals surface area contributed by atoms with Crippen molar-refractivity contribution in [3.63, 3.8) is 0 Å². The van der Waals surface area contributed by atoms with Crippen molar-refractivity contribution < 1.29 is 14.3 Å². The van der Waals surface area contributed by atoms with Gasteiger partial charge in [0.05, 0.1) is 13.3 Å². The Hall–Kier alpha value is -3.29. The van der Waals surface area contributed by atoms with Crippen molar-refractivity contribution >= 4 is 5.91 Å². The Kier molecular flexibility index (Phi) is 5.75. The van der Waals surface area contributed by atoms with Gasteiger partial charge in [0.15, 0.2) is 12.4 Å². The van der Waals surface area contributed by atoms with Gasteiger partial charge in [0, 0.05) is 38.1 Å². The van der Waals surface area contributed by atoms with Gasteiger partial charge in [-0.3, -0.25) is 9.48 Å². The van der Waals surface area contributed by atoms with Crippen LogP contribution in [-0.4, -0.2) is 44.5 Å². The molecule has 142 valence electrons. The van der Waals surface area contributed by atoms with E-state index in [2.05, 4.69) is 10.2 Å². The van der Waals surface area contributed by atoms with E-state index in [1.165, 1.54) is 0 Å². The summed E-state index contributed by atoms with van der Waals surface area (Å²) in [5.74, 6) is 1.31. The van der Waals surface area contributed by atoms with E-state index in [1.54, 1.807) is 42.2 Å². The molecule has 1 amide bonds. The van der Waals surface area contributed by atoms with Gasteiger partial charge in [0.25, 0.3) is 5.91 Å². The molecule has 8 heteroatoms. The maximum atomic E-state index is 12.6. The largest absolute Gasteiger partial charge is 0.497 e. The summed E-state index contributed by atoms with van der Waals surface area (Å²) in [6.07, 6.45) is 5.43. The maximum Gasteiger partial charge on any atom is 0.274 e. The second kappa shape index (κ2) is 8.39. The molecule has 27 heavy (non-hydrogen) atoms. The van der Waals surface area contributed by atoms with Crippen LogP contribution in [0.1, 0.15) is 23.0 Å². The number of carbonyl (C=O) groups is 1. The second-order valence-electron chi connectivity index (χ2n) is 6.05. The predicted molar refractivity (Wildman–Crippen MR) is 99.5 cm³/mol. The molecule has 1 aromatic carbocycles. The van der Waals surface area contributed by atoms with E-state index >= 15 is 0 Å². The highest BCUT2D eigenvalue weighted by atomic mass is 16.5. The van der Waals surface area contributed by atoms with E-state index in [9.17, 15) is 4.79 Å². The number of rotatable bonds is 8. The zero-order chi connectivity index (χ0) is 19.2. The molecule has 0 saturated carbocycles. The van der Waals surface area contributed by atoms with E-state index in [0.29, 0.717) is 18.0 Å². The molecule has 3 aromatic rings. The van der Waals surface area contributed by atoms with E-state index in [0.717, 1.165) is 17.9 Å². The third kappa shape index (κ3) is 4.66. The molecule has 0 aliphatic heterocycles. The summed E-state index contributed by atoms with van der Waals surface area (Å²) in [4.78, 5) is 14.2. The molecule has 0 bridgehead atoms. The van der Waals surface area contributed by atoms with Gasteiger partial charge in [-0.15, -0.1) is 0 Å². The number of amides is 1. The number of nitrogens with zero attached hydrogens (tertiary/aromatic N) is 5. The zero-order valence-electron chi connectivity index (χ0n) is 15.7. The van der Waals surface area contributed by atoms with Crippen molar-refractivity contribution in [3.8, 4) is 11.5 Å². The number of aryl methyl sites for hydroxylation is 1. The standard InChI is InChI=1S/C19H23N5O3/c1-4-23-13-15(11-20-23)12-22(2)19(25)18-9-10-24(21-18)14-27-17-7-5-16(26-3)6-8-17/h5-11,13H,4,12,14H2,1-3H3. The van der Waals surface area contributed by atoms with Crippen molar-refractivity contribution in [1.82, 2.24) is 24.5 Å². The molecule has 8 nitrogen and oxygen atoms in total. The van der Waals surface area contributed by atoms with Crippen molar-refractivity contribution in [2.24, 2.45) is 0 Å². The Labute approximate surface area is 157 Å². The number of hydrogen-bond acceptors (Lipinski definition) is 5. The molecule has 2 aromatic heterocycles. The Morgan fingerprint density at radius 2 is 1.89 bits per heavy atom. The fraction of sp³-hybridized carbons (Fsp3) is 0.316. The Morgan fingerprint density at radius 3 is 2.56 bits per heavy atom. The number of aromatic nitrogens is 4. The number of ether oxygens (including phenoxy) is 2. The van der Waals surface area contributed by atoms with Crippen LogP contribution in [0, 0.1) is 0 Å². The number of benzene rings is 1. The Bertz CT molecular complexity index is 885. The van der Waals surface area contributed by atoms with Crippen LogP contribution in [0.5, 0.6) is 11.5 Å². The molecule has 0 N–H and O–H groups in total. The topological polar surface area (TPSA) is 74.4 Å². The van der Waals surface area contributed by atoms with E-state index in [-0.39, 0.29) is 12.6 Å². The highest BCUT2D eigenvalue weighted by molar-refractivity contribution is 5.91. The molecule has 0 aliphatic carbocycles. The molecule has 3 rings (SSSR count). The first-order chi connectivity index (χ1) is 13.1. The Morgan fingerprint density at radius 1 is 1.15 bits per heavy atom. The minimum absolute atomic E-state index is 0.151. The zero-order valence-corrected chi connectivity index (χ0v) is 15.7. The van der Waals surface area contributed by atoms with Crippen LogP contribution in [0.2, 0.25) is 0 Å².